The Balaban J connectivity index is 2.10. The van der Waals surface area contributed by atoms with Crippen molar-refractivity contribution in [1.82, 2.24) is 10.2 Å². The number of halogens is 3. The maximum atomic E-state index is 13.8. The van der Waals surface area contributed by atoms with Gasteiger partial charge in [0.25, 0.3) is 5.56 Å². The number of carbonyl (C=O) groups excluding carboxylic acids is 1. The van der Waals surface area contributed by atoms with Crippen LogP contribution in [0.25, 0.3) is 0 Å². The normalized spacial score (nSPS) is 12.0. The Hall–Kier alpha value is -3.29. The molecule has 5 nitrogen and oxygen atoms in total. The van der Waals surface area contributed by atoms with Crippen molar-refractivity contribution >= 4 is 5.97 Å². The molecule has 0 amide bonds. The number of ether oxygens (including phenoxy) is 1. The van der Waals surface area contributed by atoms with E-state index in [-0.39, 0.29) is 17.5 Å². The van der Waals surface area contributed by atoms with Gasteiger partial charge in [-0.15, -0.1) is 0 Å². The molecule has 146 valence electrons. The number of hydrogen-bond acceptors (Lipinski definition) is 3. The lowest BCUT2D eigenvalue weighted by Gasteiger charge is -2.17. The molecule has 2 N–H and O–H groups in total. The molecule has 3 rings (SSSR count). The molecule has 1 aromatic heterocycles. The molecule has 0 saturated carbocycles. The molecule has 1 atom stereocenters. The molecule has 0 aliphatic carbocycles. The third-order valence-electron chi connectivity index (χ3n) is 4.48. The van der Waals surface area contributed by atoms with Gasteiger partial charge in [-0.25, -0.2) is 13.2 Å². The maximum Gasteiger partial charge on any atom is 0.306 e. The largest absolute Gasteiger partial charge is 0.469 e. The SMILES string of the molecule is COC(=O)C[C@@H](c1cc(F)c(F)c(F)c1)c1c(Cc2ccccc2)[nH][nH]c1=O. The van der Waals surface area contributed by atoms with Crippen LogP contribution in [0, 0.1) is 17.5 Å². The number of methoxy groups -OCH3 is 1. The number of H-pyrrole nitrogens is 2. The Morgan fingerprint density at radius 3 is 2.32 bits per heavy atom. The molecule has 0 radical (unpaired) electrons. The van der Waals surface area contributed by atoms with Gasteiger partial charge in [-0.2, -0.15) is 0 Å². The topological polar surface area (TPSA) is 75.0 Å². The van der Waals surface area contributed by atoms with E-state index in [0.717, 1.165) is 24.8 Å². The van der Waals surface area contributed by atoms with Crippen molar-refractivity contribution in [2.75, 3.05) is 7.11 Å². The van der Waals surface area contributed by atoms with Gasteiger partial charge in [-0.1, -0.05) is 30.3 Å². The molecular weight excluding hydrogens is 373 g/mol. The Morgan fingerprint density at radius 2 is 1.71 bits per heavy atom. The van der Waals surface area contributed by atoms with Crippen molar-refractivity contribution in [2.45, 2.75) is 18.8 Å². The van der Waals surface area contributed by atoms with Crippen LogP contribution in [-0.2, 0) is 16.0 Å². The Bertz CT molecular complexity index is 1020. The quantitative estimate of drug-likeness (QED) is 0.500. The van der Waals surface area contributed by atoms with Gasteiger partial charge in [-0.3, -0.25) is 14.7 Å². The lowest BCUT2D eigenvalue weighted by molar-refractivity contribution is -0.140. The summed E-state index contributed by atoms with van der Waals surface area (Å²) in [5, 5.41) is 5.20. The Labute approximate surface area is 158 Å². The van der Waals surface area contributed by atoms with Crippen LogP contribution < -0.4 is 5.56 Å². The van der Waals surface area contributed by atoms with Crippen LogP contribution in [0.2, 0.25) is 0 Å². The summed E-state index contributed by atoms with van der Waals surface area (Å²) in [6, 6.07) is 10.8. The second kappa shape index (κ2) is 8.16. The summed E-state index contributed by atoms with van der Waals surface area (Å²) in [6.07, 6.45) is -0.0253. The van der Waals surface area contributed by atoms with E-state index >= 15 is 0 Å². The molecule has 0 spiro atoms. The van der Waals surface area contributed by atoms with Crippen molar-refractivity contribution in [3.8, 4) is 0 Å². The lowest BCUT2D eigenvalue weighted by atomic mass is 9.87. The van der Waals surface area contributed by atoms with Crippen LogP contribution >= 0.6 is 0 Å². The zero-order chi connectivity index (χ0) is 20.3. The highest BCUT2D eigenvalue weighted by Gasteiger charge is 2.28. The third-order valence-corrected chi connectivity index (χ3v) is 4.48. The molecule has 0 aliphatic rings. The number of hydrogen-bond donors (Lipinski definition) is 2. The van der Waals surface area contributed by atoms with Crippen LogP contribution in [0.5, 0.6) is 0 Å². The molecule has 0 aliphatic heterocycles. The van der Waals surface area contributed by atoms with E-state index in [1.54, 1.807) is 0 Å². The van der Waals surface area contributed by atoms with Crippen LogP contribution in [0.4, 0.5) is 13.2 Å². The summed E-state index contributed by atoms with van der Waals surface area (Å²) >= 11 is 0. The van der Waals surface area contributed by atoms with E-state index in [1.165, 1.54) is 0 Å². The van der Waals surface area contributed by atoms with Crippen LogP contribution in [0.15, 0.2) is 47.3 Å². The zero-order valence-corrected chi connectivity index (χ0v) is 14.9. The van der Waals surface area contributed by atoms with Gasteiger partial charge in [0.05, 0.1) is 13.5 Å². The molecule has 2 aromatic carbocycles. The number of rotatable bonds is 6. The summed E-state index contributed by atoms with van der Waals surface area (Å²) in [4.78, 5) is 24.4. The monoisotopic (exact) mass is 390 g/mol. The van der Waals surface area contributed by atoms with Crippen LogP contribution in [0.3, 0.4) is 0 Å². The number of benzene rings is 2. The third kappa shape index (κ3) is 4.00. The fourth-order valence-electron chi connectivity index (χ4n) is 3.12. The highest BCUT2D eigenvalue weighted by molar-refractivity contribution is 5.71. The first kappa shape index (κ1) is 19.5. The minimum absolute atomic E-state index is 0.0405. The van der Waals surface area contributed by atoms with E-state index in [9.17, 15) is 22.8 Å². The van der Waals surface area contributed by atoms with Gasteiger partial charge >= 0.3 is 5.97 Å². The number of nitrogens with one attached hydrogen (secondary N) is 2. The fourth-order valence-corrected chi connectivity index (χ4v) is 3.12. The van der Waals surface area contributed by atoms with E-state index in [2.05, 4.69) is 14.9 Å². The van der Waals surface area contributed by atoms with Crippen molar-refractivity contribution in [2.24, 2.45) is 0 Å². The Morgan fingerprint density at radius 1 is 1.07 bits per heavy atom. The average molecular weight is 390 g/mol. The minimum atomic E-state index is -1.62. The van der Waals surface area contributed by atoms with E-state index in [4.69, 9.17) is 0 Å². The number of aromatic amines is 2. The van der Waals surface area contributed by atoms with Gasteiger partial charge < -0.3 is 9.84 Å². The lowest BCUT2D eigenvalue weighted by Crippen LogP contribution is -2.18. The molecule has 0 saturated heterocycles. The fraction of sp³-hybridized carbons (Fsp3) is 0.200. The van der Waals surface area contributed by atoms with Crippen molar-refractivity contribution in [3.05, 3.63) is 92.7 Å². The standard InChI is InChI=1S/C20H17F3N2O3/c1-28-17(26)10-13(12-8-14(21)19(23)15(22)9-12)18-16(24-25-20(18)27)7-11-5-3-2-4-6-11/h2-6,8-9,13H,7,10H2,1H3,(H2,24,25,27)/t13-/m0/s1. The molecule has 0 bridgehead atoms. The van der Waals surface area contributed by atoms with Crippen molar-refractivity contribution in [3.63, 3.8) is 0 Å². The highest BCUT2D eigenvalue weighted by atomic mass is 19.2. The number of aromatic nitrogens is 2. The smallest absolute Gasteiger partial charge is 0.306 e. The summed E-state index contributed by atoms with van der Waals surface area (Å²) in [7, 11) is 1.16. The van der Waals surface area contributed by atoms with Gasteiger partial charge in [0.2, 0.25) is 0 Å². The predicted molar refractivity (Wildman–Crippen MR) is 95.5 cm³/mol. The molecular formula is C20H17F3N2O3. The number of carbonyl (C=O) groups is 1. The maximum absolute atomic E-state index is 13.8. The van der Waals surface area contributed by atoms with Crippen LogP contribution in [-0.4, -0.2) is 23.3 Å². The van der Waals surface area contributed by atoms with Gasteiger partial charge in [0.15, 0.2) is 17.5 Å². The second-order valence-corrected chi connectivity index (χ2v) is 6.27. The molecule has 8 heteroatoms. The predicted octanol–water partition coefficient (Wildman–Crippen LogP) is 3.41. The minimum Gasteiger partial charge on any atom is -0.469 e. The van der Waals surface area contributed by atoms with E-state index < -0.39 is 34.9 Å². The first-order chi connectivity index (χ1) is 13.4. The average Bonchev–Trinajstić information content (AvgIpc) is 3.04. The zero-order valence-electron chi connectivity index (χ0n) is 14.9. The summed E-state index contributed by atoms with van der Waals surface area (Å²) in [5.41, 5.74) is 0.897. The molecule has 3 aromatic rings. The van der Waals surface area contributed by atoms with Crippen molar-refractivity contribution < 1.29 is 22.7 Å². The van der Waals surface area contributed by atoms with Gasteiger partial charge in [-0.05, 0) is 23.3 Å². The van der Waals surface area contributed by atoms with E-state index in [0.29, 0.717) is 12.1 Å². The summed E-state index contributed by atoms with van der Waals surface area (Å²) in [6.45, 7) is 0. The Kier molecular flexibility index (Phi) is 5.67. The van der Waals surface area contributed by atoms with Gasteiger partial charge in [0.1, 0.15) is 0 Å². The summed E-state index contributed by atoms with van der Waals surface area (Å²) < 4.78 is 45.6. The van der Waals surface area contributed by atoms with E-state index in [1.807, 2.05) is 30.3 Å². The number of esters is 1. The molecule has 1 heterocycles. The molecule has 0 fully saturated rings. The highest BCUT2D eigenvalue weighted by Crippen LogP contribution is 2.31. The first-order valence-corrected chi connectivity index (χ1v) is 8.45. The summed E-state index contributed by atoms with van der Waals surface area (Å²) in [5.74, 6) is -6.12. The molecule has 28 heavy (non-hydrogen) atoms. The van der Waals surface area contributed by atoms with Crippen LogP contribution in [0.1, 0.15) is 34.7 Å². The van der Waals surface area contributed by atoms with Crippen molar-refractivity contribution in [1.29, 1.82) is 0 Å². The van der Waals surface area contributed by atoms with Gasteiger partial charge in [0, 0.05) is 23.6 Å². The second-order valence-electron chi connectivity index (χ2n) is 6.27. The molecule has 0 unspecified atom stereocenters. The first-order valence-electron chi connectivity index (χ1n) is 8.45.